The number of nitrogens with zero attached hydrogens (tertiary/aromatic N) is 1. The number of ether oxygens (including phenoxy) is 2. The van der Waals surface area contributed by atoms with E-state index in [1.165, 1.54) is 6.08 Å². The van der Waals surface area contributed by atoms with E-state index in [1.54, 1.807) is 36.4 Å². The van der Waals surface area contributed by atoms with Gasteiger partial charge in [-0.3, -0.25) is 4.79 Å². The zero-order valence-electron chi connectivity index (χ0n) is 11.9. The lowest BCUT2D eigenvalue weighted by Crippen LogP contribution is -2.13. The first kappa shape index (κ1) is 15.1. The predicted octanol–water partition coefficient (Wildman–Crippen LogP) is 3.72. The summed E-state index contributed by atoms with van der Waals surface area (Å²) in [6.45, 7) is 0.178. The number of nitrogens with one attached hydrogen (secondary N) is 1. The average Bonchev–Trinajstić information content (AvgIpc) is 3.00. The van der Waals surface area contributed by atoms with Crippen LogP contribution in [0.25, 0.3) is 6.08 Å². The van der Waals surface area contributed by atoms with Crippen LogP contribution in [0.1, 0.15) is 5.56 Å². The van der Waals surface area contributed by atoms with Gasteiger partial charge in [0, 0.05) is 10.2 Å². The molecule has 1 aliphatic rings. The first-order valence-electron chi connectivity index (χ1n) is 6.74. The number of hydrogen-bond acceptors (Lipinski definition) is 4. The zero-order valence-corrected chi connectivity index (χ0v) is 13.5. The van der Waals surface area contributed by atoms with Crippen molar-refractivity contribution in [2.75, 3.05) is 12.1 Å². The van der Waals surface area contributed by atoms with Crippen LogP contribution < -0.4 is 14.8 Å². The molecule has 1 aliphatic heterocycles. The molecule has 1 heterocycles. The summed E-state index contributed by atoms with van der Waals surface area (Å²) in [6, 6.07) is 14.3. The smallest absolute Gasteiger partial charge is 0.266 e. The van der Waals surface area contributed by atoms with Crippen LogP contribution >= 0.6 is 15.9 Å². The van der Waals surface area contributed by atoms with E-state index in [2.05, 4.69) is 21.2 Å². The maximum absolute atomic E-state index is 12.2. The van der Waals surface area contributed by atoms with Crippen molar-refractivity contribution < 1.29 is 14.3 Å². The largest absolute Gasteiger partial charge is 0.454 e. The van der Waals surface area contributed by atoms with Gasteiger partial charge in [0.15, 0.2) is 11.5 Å². The van der Waals surface area contributed by atoms with Crippen LogP contribution in [0.3, 0.4) is 0 Å². The molecular formula is C17H11BrN2O3. The molecule has 0 saturated heterocycles. The third-order valence-electron chi connectivity index (χ3n) is 3.16. The van der Waals surface area contributed by atoms with E-state index in [0.29, 0.717) is 22.7 Å². The Bertz CT molecular complexity index is 840. The molecule has 2 aromatic rings. The number of anilines is 1. The van der Waals surface area contributed by atoms with Crippen LogP contribution in [-0.2, 0) is 4.79 Å². The van der Waals surface area contributed by atoms with E-state index in [1.807, 2.05) is 12.1 Å². The number of benzene rings is 2. The van der Waals surface area contributed by atoms with Gasteiger partial charge >= 0.3 is 0 Å². The van der Waals surface area contributed by atoms with Crippen LogP contribution in [0.4, 0.5) is 5.69 Å². The van der Waals surface area contributed by atoms with Crippen molar-refractivity contribution in [2.45, 2.75) is 0 Å². The number of nitriles is 1. The van der Waals surface area contributed by atoms with Crippen molar-refractivity contribution in [1.82, 2.24) is 0 Å². The number of halogens is 1. The van der Waals surface area contributed by atoms with Gasteiger partial charge in [0.1, 0.15) is 11.6 Å². The Morgan fingerprint density at radius 1 is 1.22 bits per heavy atom. The molecule has 0 spiro atoms. The first-order valence-corrected chi connectivity index (χ1v) is 7.53. The van der Waals surface area contributed by atoms with Crippen molar-refractivity contribution in [3.8, 4) is 17.6 Å². The molecule has 3 rings (SSSR count). The Labute approximate surface area is 141 Å². The number of amides is 1. The molecule has 0 unspecified atom stereocenters. The Hall–Kier alpha value is -2.78. The molecule has 2 aromatic carbocycles. The number of carbonyl (C=O) groups excluding carboxylic acids is 1. The van der Waals surface area contributed by atoms with Crippen molar-refractivity contribution in [1.29, 1.82) is 5.26 Å². The van der Waals surface area contributed by atoms with Crippen molar-refractivity contribution in [3.63, 3.8) is 0 Å². The van der Waals surface area contributed by atoms with E-state index >= 15 is 0 Å². The van der Waals surface area contributed by atoms with Gasteiger partial charge in [0.25, 0.3) is 5.91 Å². The lowest BCUT2D eigenvalue weighted by Gasteiger charge is -2.05. The fourth-order valence-corrected chi connectivity index (χ4v) is 2.48. The van der Waals surface area contributed by atoms with Gasteiger partial charge in [-0.05, 0) is 42.0 Å². The summed E-state index contributed by atoms with van der Waals surface area (Å²) in [7, 11) is 0. The van der Waals surface area contributed by atoms with Gasteiger partial charge in [0.2, 0.25) is 6.79 Å². The van der Waals surface area contributed by atoms with Gasteiger partial charge in [-0.25, -0.2) is 0 Å². The highest BCUT2D eigenvalue weighted by Crippen LogP contribution is 2.33. The number of fused-ring (bicyclic) bond motifs is 1. The van der Waals surface area contributed by atoms with Crippen molar-refractivity contribution in [2.24, 2.45) is 0 Å². The Morgan fingerprint density at radius 2 is 2.04 bits per heavy atom. The summed E-state index contributed by atoms with van der Waals surface area (Å²) in [5.41, 5.74) is 1.30. The summed E-state index contributed by atoms with van der Waals surface area (Å²) in [4.78, 5) is 12.2. The lowest BCUT2D eigenvalue weighted by atomic mass is 10.1. The van der Waals surface area contributed by atoms with E-state index in [4.69, 9.17) is 9.47 Å². The molecule has 0 aromatic heterocycles. The fourth-order valence-electron chi connectivity index (χ4n) is 2.08. The molecule has 0 atom stereocenters. The first-order chi connectivity index (χ1) is 11.2. The number of hydrogen-bond donors (Lipinski definition) is 1. The van der Waals surface area contributed by atoms with E-state index in [0.717, 1.165) is 4.47 Å². The summed E-state index contributed by atoms with van der Waals surface area (Å²) in [5.74, 6) is 0.783. The van der Waals surface area contributed by atoms with Gasteiger partial charge in [-0.15, -0.1) is 0 Å². The van der Waals surface area contributed by atoms with Crippen LogP contribution in [0, 0.1) is 11.3 Å². The van der Waals surface area contributed by atoms with Gasteiger partial charge in [-0.1, -0.05) is 28.1 Å². The monoisotopic (exact) mass is 370 g/mol. The second-order valence-electron chi connectivity index (χ2n) is 4.75. The topological polar surface area (TPSA) is 71.3 Å². The maximum atomic E-state index is 12.2. The zero-order chi connectivity index (χ0) is 16.2. The summed E-state index contributed by atoms with van der Waals surface area (Å²) in [6.07, 6.45) is 1.51. The summed E-state index contributed by atoms with van der Waals surface area (Å²) in [5, 5.41) is 11.9. The average molecular weight is 371 g/mol. The molecule has 1 amide bonds. The molecule has 0 bridgehead atoms. The minimum atomic E-state index is -0.469. The second-order valence-corrected chi connectivity index (χ2v) is 5.66. The quantitative estimate of drug-likeness (QED) is 0.659. The minimum Gasteiger partial charge on any atom is -0.454 e. The SMILES string of the molecule is N#C/C(=C\c1ccc2c(c1)OCO2)C(=O)Nc1cccc(Br)c1. The molecular weight excluding hydrogens is 360 g/mol. The molecule has 5 nitrogen and oxygen atoms in total. The molecule has 1 N–H and O–H groups in total. The number of carbonyl (C=O) groups is 1. The Morgan fingerprint density at radius 3 is 2.83 bits per heavy atom. The van der Waals surface area contributed by atoms with Gasteiger partial charge < -0.3 is 14.8 Å². The van der Waals surface area contributed by atoms with E-state index in [-0.39, 0.29) is 12.4 Å². The summed E-state index contributed by atoms with van der Waals surface area (Å²) >= 11 is 3.33. The second kappa shape index (κ2) is 6.55. The number of rotatable bonds is 3. The minimum absolute atomic E-state index is 0.00356. The van der Waals surface area contributed by atoms with Gasteiger partial charge in [-0.2, -0.15) is 5.26 Å². The third-order valence-corrected chi connectivity index (χ3v) is 3.65. The van der Waals surface area contributed by atoms with Crippen LogP contribution in [0.5, 0.6) is 11.5 Å². The molecule has 114 valence electrons. The lowest BCUT2D eigenvalue weighted by molar-refractivity contribution is -0.112. The normalized spacial score (nSPS) is 12.6. The van der Waals surface area contributed by atoms with E-state index < -0.39 is 5.91 Å². The molecule has 0 radical (unpaired) electrons. The van der Waals surface area contributed by atoms with E-state index in [9.17, 15) is 10.1 Å². The third kappa shape index (κ3) is 3.52. The summed E-state index contributed by atoms with van der Waals surface area (Å²) < 4.78 is 11.4. The Kier molecular flexibility index (Phi) is 4.31. The molecule has 0 fully saturated rings. The molecule has 6 heteroatoms. The highest BCUT2D eigenvalue weighted by atomic mass is 79.9. The van der Waals surface area contributed by atoms with Crippen LogP contribution in [0.15, 0.2) is 52.5 Å². The van der Waals surface area contributed by atoms with Crippen molar-refractivity contribution >= 4 is 33.6 Å². The Balaban J connectivity index is 1.81. The van der Waals surface area contributed by atoms with Crippen molar-refractivity contribution in [3.05, 3.63) is 58.1 Å². The predicted molar refractivity (Wildman–Crippen MR) is 88.9 cm³/mol. The standard InChI is InChI=1S/C17H11BrN2O3/c18-13-2-1-3-14(8-13)20-17(21)12(9-19)6-11-4-5-15-16(7-11)23-10-22-15/h1-8H,10H2,(H,20,21)/b12-6+. The van der Waals surface area contributed by atoms with Gasteiger partial charge in [0.05, 0.1) is 0 Å². The molecule has 0 aliphatic carbocycles. The highest BCUT2D eigenvalue weighted by Gasteiger charge is 2.14. The highest BCUT2D eigenvalue weighted by molar-refractivity contribution is 9.10. The molecule has 23 heavy (non-hydrogen) atoms. The van der Waals surface area contributed by atoms with Crippen LogP contribution in [-0.4, -0.2) is 12.7 Å². The maximum Gasteiger partial charge on any atom is 0.266 e. The fraction of sp³-hybridized carbons (Fsp3) is 0.0588. The molecule has 0 saturated carbocycles. The van der Waals surface area contributed by atoms with Crippen LogP contribution in [0.2, 0.25) is 0 Å².